The van der Waals surface area contributed by atoms with Crippen LogP contribution in [-0.4, -0.2) is 39.6 Å². The number of rotatable bonds is 3. The third kappa shape index (κ3) is 2.43. The third-order valence-corrected chi connectivity index (χ3v) is 3.30. The highest BCUT2D eigenvalue weighted by atomic mass is 16.2. The summed E-state index contributed by atoms with van der Waals surface area (Å²) in [6.45, 7) is 2.54. The van der Waals surface area contributed by atoms with E-state index in [0.717, 1.165) is 11.3 Å². The Morgan fingerprint density at radius 2 is 2.17 bits per heavy atom. The number of carbonyl (C=O) groups excluding carboxylic acids is 2. The molecule has 0 bridgehead atoms. The van der Waals surface area contributed by atoms with E-state index >= 15 is 0 Å². The molecule has 0 radical (unpaired) electrons. The molecule has 2 heterocycles. The first-order chi connectivity index (χ1) is 8.49. The average Bonchev–Trinajstić information content (AvgIpc) is 2.64. The van der Waals surface area contributed by atoms with Crippen molar-refractivity contribution in [2.45, 2.75) is 32.4 Å². The number of nitrogens with zero attached hydrogens (tertiary/aromatic N) is 3. The van der Waals surface area contributed by atoms with Gasteiger partial charge in [0, 0.05) is 38.8 Å². The summed E-state index contributed by atoms with van der Waals surface area (Å²) in [4.78, 5) is 24.4. The fourth-order valence-corrected chi connectivity index (χ4v) is 2.16. The van der Waals surface area contributed by atoms with Gasteiger partial charge in [-0.2, -0.15) is 5.10 Å². The fourth-order valence-electron chi connectivity index (χ4n) is 2.16. The summed E-state index contributed by atoms with van der Waals surface area (Å²) in [6, 6.07) is -0.271. The monoisotopic (exact) mass is 250 g/mol. The van der Waals surface area contributed by atoms with E-state index < -0.39 is 0 Å². The van der Waals surface area contributed by atoms with Crippen molar-refractivity contribution in [3.63, 3.8) is 0 Å². The Labute approximate surface area is 106 Å². The number of piperidine rings is 1. The Hall–Kier alpha value is -1.69. The number of amides is 2. The van der Waals surface area contributed by atoms with Gasteiger partial charge in [0.1, 0.15) is 0 Å². The van der Waals surface area contributed by atoms with Gasteiger partial charge >= 0.3 is 0 Å². The van der Waals surface area contributed by atoms with Crippen molar-refractivity contribution >= 4 is 11.8 Å². The van der Waals surface area contributed by atoms with Crippen LogP contribution in [0.1, 0.15) is 24.1 Å². The SMILES string of the molecule is Cc1nn(C)cc1CNC1CCC(=O)N(C)C1=O. The third-order valence-electron chi connectivity index (χ3n) is 3.30. The van der Waals surface area contributed by atoms with Gasteiger partial charge in [-0.05, 0) is 13.3 Å². The van der Waals surface area contributed by atoms with E-state index in [1.807, 2.05) is 20.2 Å². The molecule has 0 saturated carbocycles. The molecular formula is C12H18N4O2. The minimum absolute atomic E-state index is 0.101. The van der Waals surface area contributed by atoms with E-state index in [0.29, 0.717) is 19.4 Å². The lowest BCUT2D eigenvalue weighted by atomic mass is 10.0. The molecule has 1 aliphatic rings. The minimum Gasteiger partial charge on any atom is -0.302 e. The van der Waals surface area contributed by atoms with Crippen LogP contribution in [0.2, 0.25) is 0 Å². The molecule has 0 aliphatic carbocycles. The van der Waals surface area contributed by atoms with Crippen LogP contribution in [0.5, 0.6) is 0 Å². The van der Waals surface area contributed by atoms with E-state index in [1.54, 1.807) is 4.68 Å². The molecule has 1 fully saturated rings. The molecule has 6 heteroatoms. The second kappa shape index (κ2) is 4.89. The largest absolute Gasteiger partial charge is 0.302 e. The van der Waals surface area contributed by atoms with Crippen LogP contribution in [0.4, 0.5) is 0 Å². The van der Waals surface area contributed by atoms with E-state index in [2.05, 4.69) is 10.4 Å². The number of likely N-dealkylation sites (N-methyl/N-ethyl adjacent to an activating group) is 1. The number of carbonyl (C=O) groups is 2. The van der Waals surface area contributed by atoms with Gasteiger partial charge in [0.25, 0.3) is 0 Å². The summed E-state index contributed by atoms with van der Waals surface area (Å²) in [5.74, 6) is -0.247. The number of aromatic nitrogens is 2. The Kier molecular flexibility index (Phi) is 3.47. The van der Waals surface area contributed by atoms with E-state index in [-0.39, 0.29) is 17.9 Å². The second-order valence-electron chi connectivity index (χ2n) is 4.68. The van der Waals surface area contributed by atoms with Gasteiger partial charge in [0.2, 0.25) is 11.8 Å². The number of imide groups is 1. The Balaban J connectivity index is 1.96. The van der Waals surface area contributed by atoms with Crippen LogP contribution < -0.4 is 5.32 Å². The van der Waals surface area contributed by atoms with Gasteiger partial charge in [0.15, 0.2) is 0 Å². The summed E-state index contributed by atoms with van der Waals surface area (Å²) in [7, 11) is 3.41. The highest BCUT2D eigenvalue weighted by Gasteiger charge is 2.31. The maximum Gasteiger partial charge on any atom is 0.246 e. The van der Waals surface area contributed by atoms with Crippen molar-refractivity contribution in [3.8, 4) is 0 Å². The quantitative estimate of drug-likeness (QED) is 0.765. The van der Waals surface area contributed by atoms with Gasteiger partial charge < -0.3 is 5.32 Å². The molecule has 1 unspecified atom stereocenters. The summed E-state index contributed by atoms with van der Waals surface area (Å²) in [5.41, 5.74) is 2.03. The molecule has 0 spiro atoms. The molecule has 1 saturated heterocycles. The van der Waals surface area contributed by atoms with Crippen LogP contribution in [0.15, 0.2) is 6.20 Å². The minimum atomic E-state index is -0.271. The van der Waals surface area contributed by atoms with Gasteiger partial charge in [-0.15, -0.1) is 0 Å². The van der Waals surface area contributed by atoms with E-state index in [1.165, 1.54) is 11.9 Å². The predicted octanol–water partition coefficient (Wildman–Crippen LogP) is -0.0345. The molecule has 1 aliphatic heterocycles. The van der Waals surface area contributed by atoms with E-state index in [4.69, 9.17) is 0 Å². The van der Waals surface area contributed by atoms with E-state index in [9.17, 15) is 9.59 Å². The number of aryl methyl sites for hydroxylation is 2. The molecule has 98 valence electrons. The van der Waals surface area contributed by atoms with Crippen molar-refractivity contribution < 1.29 is 9.59 Å². The van der Waals surface area contributed by atoms with Crippen molar-refractivity contribution in [3.05, 3.63) is 17.5 Å². The number of hydrogen-bond acceptors (Lipinski definition) is 4. The summed E-state index contributed by atoms with van der Waals surface area (Å²) < 4.78 is 1.75. The molecule has 18 heavy (non-hydrogen) atoms. The average molecular weight is 250 g/mol. The summed E-state index contributed by atoms with van der Waals surface area (Å²) in [5, 5.41) is 7.44. The predicted molar refractivity (Wildman–Crippen MR) is 65.6 cm³/mol. The van der Waals surface area contributed by atoms with Crippen molar-refractivity contribution in [1.29, 1.82) is 0 Å². The van der Waals surface area contributed by atoms with Crippen LogP contribution in [0.3, 0.4) is 0 Å². The molecule has 1 N–H and O–H groups in total. The lowest BCUT2D eigenvalue weighted by Gasteiger charge is -2.28. The van der Waals surface area contributed by atoms with Gasteiger partial charge in [-0.1, -0.05) is 0 Å². The van der Waals surface area contributed by atoms with Gasteiger partial charge in [-0.25, -0.2) is 0 Å². The van der Waals surface area contributed by atoms with Gasteiger partial charge in [0.05, 0.1) is 11.7 Å². The maximum atomic E-state index is 11.9. The normalized spacial score (nSPS) is 20.6. The Morgan fingerprint density at radius 3 is 2.78 bits per heavy atom. The topological polar surface area (TPSA) is 67.2 Å². The van der Waals surface area contributed by atoms with Crippen LogP contribution in [0, 0.1) is 6.92 Å². The first-order valence-electron chi connectivity index (χ1n) is 6.02. The van der Waals surface area contributed by atoms with Crippen LogP contribution >= 0.6 is 0 Å². The number of hydrogen-bond donors (Lipinski definition) is 1. The molecule has 0 aromatic carbocycles. The van der Waals surface area contributed by atoms with Gasteiger partial charge in [-0.3, -0.25) is 19.2 Å². The molecule has 6 nitrogen and oxygen atoms in total. The fraction of sp³-hybridized carbons (Fsp3) is 0.583. The first kappa shape index (κ1) is 12.8. The zero-order chi connectivity index (χ0) is 13.3. The molecule has 1 aromatic heterocycles. The number of likely N-dealkylation sites (tertiary alicyclic amines) is 1. The zero-order valence-electron chi connectivity index (χ0n) is 10.9. The second-order valence-corrected chi connectivity index (χ2v) is 4.68. The number of nitrogens with one attached hydrogen (secondary N) is 1. The summed E-state index contributed by atoms with van der Waals surface area (Å²) in [6.07, 6.45) is 2.93. The molecule has 1 atom stereocenters. The van der Waals surface area contributed by atoms with Crippen LogP contribution in [-0.2, 0) is 23.2 Å². The van der Waals surface area contributed by atoms with Crippen LogP contribution in [0.25, 0.3) is 0 Å². The first-order valence-corrected chi connectivity index (χ1v) is 6.02. The molecule has 2 rings (SSSR count). The smallest absolute Gasteiger partial charge is 0.246 e. The van der Waals surface area contributed by atoms with Crippen molar-refractivity contribution in [1.82, 2.24) is 20.0 Å². The molecule has 2 amide bonds. The van der Waals surface area contributed by atoms with Crippen molar-refractivity contribution in [2.24, 2.45) is 7.05 Å². The zero-order valence-corrected chi connectivity index (χ0v) is 10.9. The van der Waals surface area contributed by atoms with Crippen molar-refractivity contribution in [2.75, 3.05) is 7.05 Å². The lowest BCUT2D eigenvalue weighted by molar-refractivity contribution is -0.148. The Morgan fingerprint density at radius 1 is 1.44 bits per heavy atom. The highest BCUT2D eigenvalue weighted by molar-refractivity contribution is 6.00. The summed E-state index contributed by atoms with van der Waals surface area (Å²) >= 11 is 0. The highest BCUT2D eigenvalue weighted by Crippen LogP contribution is 2.12. The molecule has 1 aromatic rings. The maximum absolute atomic E-state index is 11.9. The lowest BCUT2D eigenvalue weighted by Crippen LogP contribution is -2.51. The molecular weight excluding hydrogens is 232 g/mol. The Bertz CT molecular complexity index is 480. The standard InChI is InChI=1S/C12H18N4O2/c1-8-9(7-15(2)14-8)6-13-10-4-5-11(17)16(3)12(10)18/h7,10,13H,4-6H2,1-3H3.